The number of nitrogens with zero attached hydrogens (tertiary/aromatic N) is 3. The summed E-state index contributed by atoms with van der Waals surface area (Å²) >= 11 is 0. The first-order valence-corrected chi connectivity index (χ1v) is 9.36. The van der Waals surface area contributed by atoms with Gasteiger partial charge in [0, 0.05) is 43.6 Å². The number of ether oxygens (including phenoxy) is 1. The van der Waals surface area contributed by atoms with Gasteiger partial charge in [0.1, 0.15) is 5.82 Å². The summed E-state index contributed by atoms with van der Waals surface area (Å²) in [5.74, 6) is 2.22. The van der Waals surface area contributed by atoms with Crippen molar-refractivity contribution in [3.63, 3.8) is 0 Å². The Morgan fingerprint density at radius 2 is 2.00 bits per heavy atom. The minimum atomic E-state index is 0. The Morgan fingerprint density at radius 1 is 1.22 bits per heavy atom. The van der Waals surface area contributed by atoms with Gasteiger partial charge < -0.3 is 15.0 Å². The van der Waals surface area contributed by atoms with Crippen LogP contribution in [0.2, 0.25) is 0 Å². The number of aromatic amines is 1. The second-order valence-electron chi connectivity index (χ2n) is 7.00. The highest BCUT2D eigenvalue weighted by Crippen LogP contribution is 2.27. The summed E-state index contributed by atoms with van der Waals surface area (Å²) in [6, 6.07) is 10.1. The number of likely N-dealkylation sites (tertiary alicyclic amines) is 1. The van der Waals surface area contributed by atoms with E-state index in [0.717, 1.165) is 56.3 Å². The van der Waals surface area contributed by atoms with Gasteiger partial charge in [-0.2, -0.15) is 5.10 Å². The topological polar surface area (TPSA) is 83.1 Å². The summed E-state index contributed by atoms with van der Waals surface area (Å²) < 4.78 is 5.43. The van der Waals surface area contributed by atoms with Crippen LogP contribution in [0.5, 0.6) is 0 Å². The first kappa shape index (κ1) is 19.8. The number of hydrogen-bond donors (Lipinski definition) is 2. The summed E-state index contributed by atoms with van der Waals surface area (Å²) in [4.78, 5) is 19.1. The number of aromatic nitrogens is 3. The third-order valence-electron chi connectivity index (χ3n) is 5.19. The lowest BCUT2D eigenvalue weighted by atomic mass is 9.95. The maximum Gasteiger partial charge on any atom is 0.224 e. The average Bonchev–Trinajstić information content (AvgIpc) is 3.20. The number of nitrogens with one attached hydrogen (secondary N) is 2. The Morgan fingerprint density at radius 3 is 2.70 bits per heavy atom. The number of hydrogen-bond acceptors (Lipinski definition) is 5. The molecule has 8 heteroatoms. The zero-order valence-electron chi connectivity index (χ0n) is 15.3. The average molecular weight is 392 g/mol. The van der Waals surface area contributed by atoms with E-state index in [1.54, 1.807) is 0 Å². The van der Waals surface area contributed by atoms with E-state index in [9.17, 15) is 4.79 Å². The maximum absolute atomic E-state index is 12.5. The zero-order valence-corrected chi connectivity index (χ0v) is 16.1. The molecule has 4 rings (SSSR count). The molecule has 2 aliphatic heterocycles. The van der Waals surface area contributed by atoms with Crippen LogP contribution in [0.25, 0.3) is 11.4 Å². The quantitative estimate of drug-likeness (QED) is 0.832. The highest BCUT2D eigenvalue weighted by molar-refractivity contribution is 5.85. The predicted octanol–water partition coefficient (Wildman–Crippen LogP) is 1.98. The second-order valence-corrected chi connectivity index (χ2v) is 7.00. The normalized spacial score (nSPS) is 20.9. The minimum Gasteiger partial charge on any atom is -0.378 e. The molecular weight excluding hydrogens is 366 g/mol. The van der Waals surface area contributed by atoms with Crippen molar-refractivity contribution in [2.45, 2.75) is 31.2 Å². The number of carbonyl (C=O) groups is 1. The number of piperidine rings is 1. The fourth-order valence-corrected chi connectivity index (χ4v) is 3.67. The molecule has 1 aromatic heterocycles. The molecule has 2 aliphatic rings. The Labute approximate surface area is 165 Å². The highest BCUT2D eigenvalue weighted by Gasteiger charge is 2.27. The molecule has 0 bridgehead atoms. The Hall–Kier alpha value is -1.96. The molecule has 146 valence electrons. The number of amides is 1. The summed E-state index contributed by atoms with van der Waals surface area (Å²) in [6.07, 6.45) is 2.36. The number of morpholine rings is 1. The van der Waals surface area contributed by atoms with Crippen LogP contribution in [0.3, 0.4) is 0 Å². The van der Waals surface area contributed by atoms with Gasteiger partial charge in [-0.05, 0) is 12.8 Å². The molecule has 3 heterocycles. The number of carbonyl (C=O) groups excluding carboxylic acids is 1. The van der Waals surface area contributed by atoms with Crippen LogP contribution in [0.1, 0.15) is 31.0 Å². The Balaban J connectivity index is 0.00000210. The van der Waals surface area contributed by atoms with Crippen LogP contribution in [0, 0.1) is 0 Å². The van der Waals surface area contributed by atoms with Crippen molar-refractivity contribution in [3.05, 3.63) is 36.2 Å². The molecule has 0 radical (unpaired) electrons. The van der Waals surface area contributed by atoms with Crippen molar-refractivity contribution in [2.24, 2.45) is 0 Å². The van der Waals surface area contributed by atoms with Crippen LogP contribution < -0.4 is 5.32 Å². The molecule has 7 nitrogen and oxygen atoms in total. The minimum absolute atomic E-state index is 0. The molecule has 27 heavy (non-hydrogen) atoms. The van der Waals surface area contributed by atoms with E-state index in [1.807, 2.05) is 35.2 Å². The van der Waals surface area contributed by atoms with Gasteiger partial charge in [-0.15, -0.1) is 12.4 Å². The van der Waals surface area contributed by atoms with Gasteiger partial charge in [-0.25, -0.2) is 4.98 Å². The maximum atomic E-state index is 12.5. The van der Waals surface area contributed by atoms with E-state index in [1.165, 1.54) is 0 Å². The zero-order chi connectivity index (χ0) is 17.8. The summed E-state index contributed by atoms with van der Waals surface area (Å²) in [5, 5.41) is 10.8. The van der Waals surface area contributed by atoms with Crippen molar-refractivity contribution in [1.29, 1.82) is 0 Å². The fraction of sp³-hybridized carbons (Fsp3) is 0.526. The van der Waals surface area contributed by atoms with Crippen molar-refractivity contribution >= 4 is 18.3 Å². The summed E-state index contributed by atoms with van der Waals surface area (Å²) in [5.41, 5.74) is 1.02. The molecule has 1 amide bonds. The number of halogens is 1. The van der Waals surface area contributed by atoms with Crippen molar-refractivity contribution in [1.82, 2.24) is 25.4 Å². The first-order chi connectivity index (χ1) is 12.8. The smallest absolute Gasteiger partial charge is 0.224 e. The van der Waals surface area contributed by atoms with Gasteiger partial charge in [0.15, 0.2) is 5.82 Å². The third-order valence-corrected chi connectivity index (χ3v) is 5.19. The van der Waals surface area contributed by atoms with Crippen LogP contribution >= 0.6 is 12.4 Å². The van der Waals surface area contributed by atoms with Gasteiger partial charge in [-0.1, -0.05) is 30.3 Å². The standard InChI is InChI=1S/C19H25N5O2.ClH/c25-17(12-16-13-26-11-8-20-16)24-9-6-15(7-10-24)19-21-18(22-23-19)14-4-2-1-3-5-14;/h1-5,15-16,20H,6-13H2,(H,21,22,23);1H. The molecule has 2 fully saturated rings. The van der Waals surface area contributed by atoms with Gasteiger partial charge in [0.2, 0.25) is 5.91 Å². The number of rotatable bonds is 4. The molecule has 2 N–H and O–H groups in total. The molecule has 0 saturated carbocycles. The highest BCUT2D eigenvalue weighted by atomic mass is 35.5. The van der Waals surface area contributed by atoms with Crippen molar-refractivity contribution in [3.8, 4) is 11.4 Å². The van der Waals surface area contributed by atoms with E-state index in [4.69, 9.17) is 4.74 Å². The summed E-state index contributed by atoms with van der Waals surface area (Å²) in [7, 11) is 0. The van der Waals surface area contributed by atoms with Gasteiger partial charge in [-0.3, -0.25) is 9.89 Å². The third kappa shape index (κ3) is 4.86. The molecule has 0 spiro atoms. The predicted molar refractivity (Wildman–Crippen MR) is 105 cm³/mol. The van der Waals surface area contributed by atoms with Gasteiger partial charge in [0.25, 0.3) is 0 Å². The Bertz CT molecular complexity index is 725. The monoisotopic (exact) mass is 391 g/mol. The van der Waals surface area contributed by atoms with E-state index < -0.39 is 0 Å². The number of benzene rings is 1. The molecule has 1 atom stereocenters. The fourth-order valence-electron chi connectivity index (χ4n) is 3.67. The number of H-pyrrole nitrogens is 1. The molecule has 2 saturated heterocycles. The van der Waals surface area contributed by atoms with Crippen LogP contribution in [0.15, 0.2) is 30.3 Å². The first-order valence-electron chi connectivity index (χ1n) is 9.36. The van der Waals surface area contributed by atoms with E-state index in [0.29, 0.717) is 18.9 Å². The molecule has 0 aliphatic carbocycles. The molecule has 2 aromatic rings. The van der Waals surface area contributed by atoms with Crippen LogP contribution in [0.4, 0.5) is 0 Å². The lowest BCUT2D eigenvalue weighted by molar-refractivity contribution is -0.133. The van der Waals surface area contributed by atoms with Crippen molar-refractivity contribution < 1.29 is 9.53 Å². The summed E-state index contributed by atoms with van der Waals surface area (Å²) in [6.45, 7) is 3.74. The van der Waals surface area contributed by atoms with E-state index in [-0.39, 0.29) is 24.4 Å². The van der Waals surface area contributed by atoms with Gasteiger partial charge in [0.05, 0.1) is 13.2 Å². The van der Waals surface area contributed by atoms with Crippen LogP contribution in [-0.2, 0) is 9.53 Å². The van der Waals surface area contributed by atoms with Crippen molar-refractivity contribution in [2.75, 3.05) is 32.8 Å². The SMILES string of the molecule is Cl.O=C(CC1COCCN1)N1CCC(c2nc(-c3ccccc3)n[nH]2)CC1. The lowest BCUT2D eigenvalue weighted by Crippen LogP contribution is -2.46. The second kappa shape index (κ2) is 9.30. The lowest BCUT2D eigenvalue weighted by Gasteiger charge is -2.32. The Kier molecular flexibility index (Phi) is 6.82. The van der Waals surface area contributed by atoms with Crippen LogP contribution in [-0.4, -0.2) is 64.9 Å². The molecular formula is C19H26ClN5O2. The molecule has 1 unspecified atom stereocenters. The largest absolute Gasteiger partial charge is 0.378 e. The van der Waals surface area contributed by atoms with Gasteiger partial charge >= 0.3 is 0 Å². The van der Waals surface area contributed by atoms with E-state index >= 15 is 0 Å². The van der Waals surface area contributed by atoms with E-state index in [2.05, 4.69) is 20.5 Å². The molecule has 1 aromatic carbocycles.